The van der Waals surface area contributed by atoms with Gasteiger partial charge in [-0.25, -0.2) is 9.78 Å². The number of benzene rings is 4. The van der Waals surface area contributed by atoms with Crippen LogP contribution >= 0.6 is 11.6 Å². The molecule has 1 aliphatic rings. The van der Waals surface area contributed by atoms with Crippen LogP contribution in [0.15, 0.2) is 84.9 Å². The SMILES string of the molecule is COCc1ccc(-c2ccc(Cl)cc2COc2ccc(-c3nc4cc(C(=O)O)ccc4n3C3CCCCC3)cc2)cc1. The highest BCUT2D eigenvalue weighted by molar-refractivity contribution is 6.30. The molecule has 214 valence electrons. The molecule has 7 heteroatoms. The second-order valence-electron chi connectivity index (χ2n) is 10.9. The zero-order chi connectivity index (χ0) is 29.1. The monoisotopic (exact) mass is 580 g/mol. The van der Waals surface area contributed by atoms with Crippen molar-refractivity contribution < 1.29 is 19.4 Å². The molecule has 0 unspecified atom stereocenters. The fourth-order valence-electron chi connectivity index (χ4n) is 5.92. The number of carboxylic acid groups (broad SMARTS) is 1. The first kappa shape index (κ1) is 28.0. The Labute approximate surface area is 250 Å². The molecule has 0 aliphatic heterocycles. The van der Waals surface area contributed by atoms with E-state index in [1.54, 1.807) is 19.2 Å². The van der Waals surface area contributed by atoms with Gasteiger partial charge in [0.1, 0.15) is 18.2 Å². The maximum Gasteiger partial charge on any atom is 0.335 e. The van der Waals surface area contributed by atoms with Gasteiger partial charge in [-0.3, -0.25) is 0 Å². The molecule has 42 heavy (non-hydrogen) atoms. The summed E-state index contributed by atoms with van der Waals surface area (Å²) < 4.78 is 13.8. The molecule has 0 saturated heterocycles. The molecular formula is C35H33ClN2O4. The van der Waals surface area contributed by atoms with Crippen molar-refractivity contribution in [2.24, 2.45) is 0 Å². The van der Waals surface area contributed by atoms with Crippen LogP contribution in [0.5, 0.6) is 5.75 Å². The van der Waals surface area contributed by atoms with E-state index in [4.69, 9.17) is 26.1 Å². The first-order valence-corrected chi connectivity index (χ1v) is 14.7. The third kappa shape index (κ3) is 5.91. The first-order valence-electron chi connectivity index (χ1n) is 14.4. The normalized spacial score (nSPS) is 13.9. The van der Waals surface area contributed by atoms with E-state index in [1.807, 2.05) is 48.5 Å². The van der Waals surface area contributed by atoms with E-state index in [1.165, 1.54) is 19.3 Å². The average molecular weight is 581 g/mol. The average Bonchev–Trinajstić information content (AvgIpc) is 3.40. The van der Waals surface area contributed by atoms with Crippen molar-refractivity contribution in [3.8, 4) is 28.3 Å². The molecule has 0 spiro atoms. The van der Waals surface area contributed by atoms with Crippen molar-refractivity contribution in [2.45, 2.75) is 51.4 Å². The van der Waals surface area contributed by atoms with Gasteiger partial charge in [0.25, 0.3) is 0 Å². The van der Waals surface area contributed by atoms with Gasteiger partial charge in [0.05, 0.1) is 23.2 Å². The van der Waals surface area contributed by atoms with Gasteiger partial charge in [-0.05, 0) is 89.7 Å². The number of carboxylic acids is 1. The largest absolute Gasteiger partial charge is 0.489 e. The lowest BCUT2D eigenvalue weighted by Crippen LogP contribution is -2.14. The van der Waals surface area contributed by atoms with Gasteiger partial charge < -0.3 is 19.1 Å². The summed E-state index contributed by atoms with van der Waals surface area (Å²) in [5, 5.41) is 10.2. The van der Waals surface area contributed by atoms with Crippen LogP contribution in [0.25, 0.3) is 33.5 Å². The molecule has 6 nitrogen and oxygen atoms in total. The number of nitrogens with zero attached hydrogens (tertiary/aromatic N) is 2. The van der Waals surface area contributed by atoms with Gasteiger partial charge in [0, 0.05) is 23.7 Å². The molecule has 0 amide bonds. The van der Waals surface area contributed by atoms with Crippen molar-refractivity contribution in [1.29, 1.82) is 0 Å². The summed E-state index contributed by atoms with van der Waals surface area (Å²) in [6.45, 7) is 0.945. The highest BCUT2D eigenvalue weighted by atomic mass is 35.5. The minimum Gasteiger partial charge on any atom is -0.489 e. The van der Waals surface area contributed by atoms with Crippen molar-refractivity contribution >= 4 is 28.6 Å². The van der Waals surface area contributed by atoms with Crippen LogP contribution in [-0.4, -0.2) is 27.7 Å². The molecule has 6 rings (SSSR count). The number of ether oxygens (including phenoxy) is 2. The topological polar surface area (TPSA) is 73.6 Å². The Kier molecular flexibility index (Phi) is 8.27. The van der Waals surface area contributed by atoms with Crippen LogP contribution in [-0.2, 0) is 18.0 Å². The van der Waals surface area contributed by atoms with Crippen LogP contribution in [0.3, 0.4) is 0 Å². The van der Waals surface area contributed by atoms with Crippen LogP contribution in [0.1, 0.15) is 59.6 Å². The van der Waals surface area contributed by atoms with Crippen molar-refractivity contribution in [2.75, 3.05) is 7.11 Å². The number of methoxy groups -OCH3 is 1. The molecule has 1 aliphatic carbocycles. The molecule has 1 fully saturated rings. The van der Waals surface area contributed by atoms with E-state index in [2.05, 4.69) is 28.8 Å². The van der Waals surface area contributed by atoms with Gasteiger partial charge in [-0.2, -0.15) is 0 Å². The summed E-state index contributed by atoms with van der Waals surface area (Å²) in [5.74, 6) is 0.659. The summed E-state index contributed by atoms with van der Waals surface area (Å²) in [7, 11) is 1.69. The van der Waals surface area contributed by atoms with Crippen LogP contribution in [0, 0.1) is 0 Å². The molecule has 5 aromatic rings. The number of imidazole rings is 1. The predicted octanol–water partition coefficient (Wildman–Crippen LogP) is 8.95. The fourth-order valence-corrected chi connectivity index (χ4v) is 6.11. The van der Waals surface area contributed by atoms with E-state index < -0.39 is 5.97 Å². The number of aromatic nitrogens is 2. The molecule has 1 saturated carbocycles. The van der Waals surface area contributed by atoms with Gasteiger partial charge in [-0.1, -0.05) is 61.2 Å². The zero-order valence-corrected chi connectivity index (χ0v) is 24.3. The molecular weight excluding hydrogens is 548 g/mol. The minimum atomic E-state index is -0.946. The van der Waals surface area contributed by atoms with Crippen LogP contribution < -0.4 is 4.74 Å². The van der Waals surface area contributed by atoms with Gasteiger partial charge >= 0.3 is 5.97 Å². The Morgan fingerprint density at radius 2 is 1.64 bits per heavy atom. The Balaban J connectivity index is 1.26. The Morgan fingerprint density at radius 1 is 0.905 bits per heavy atom. The van der Waals surface area contributed by atoms with Crippen LogP contribution in [0.4, 0.5) is 0 Å². The summed E-state index contributed by atoms with van der Waals surface area (Å²) in [4.78, 5) is 16.5. The number of hydrogen-bond acceptors (Lipinski definition) is 4. The number of hydrogen-bond donors (Lipinski definition) is 1. The first-order chi connectivity index (χ1) is 20.5. The van der Waals surface area contributed by atoms with Gasteiger partial charge in [0.2, 0.25) is 0 Å². The zero-order valence-electron chi connectivity index (χ0n) is 23.6. The van der Waals surface area contributed by atoms with E-state index in [9.17, 15) is 9.90 Å². The Bertz CT molecular complexity index is 1700. The highest BCUT2D eigenvalue weighted by Crippen LogP contribution is 2.37. The number of rotatable bonds is 9. The fraction of sp³-hybridized carbons (Fsp3) is 0.257. The van der Waals surface area contributed by atoms with E-state index >= 15 is 0 Å². The summed E-state index contributed by atoms with van der Waals surface area (Å²) in [6.07, 6.45) is 5.81. The Hall–Kier alpha value is -4.13. The highest BCUT2D eigenvalue weighted by Gasteiger charge is 2.23. The number of carbonyl (C=O) groups is 1. The van der Waals surface area contributed by atoms with Crippen molar-refractivity contribution in [3.63, 3.8) is 0 Å². The summed E-state index contributed by atoms with van der Waals surface area (Å²) in [6, 6.07) is 27.8. The Morgan fingerprint density at radius 3 is 2.36 bits per heavy atom. The van der Waals surface area contributed by atoms with Crippen molar-refractivity contribution in [1.82, 2.24) is 9.55 Å². The number of halogens is 1. The molecule has 4 aromatic carbocycles. The summed E-state index contributed by atoms with van der Waals surface area (Å²) in [5.41, 5.74) is 7.19. The lowest BCUT2D eigenvalue weighted by atomic mass is 9.95. The van der Waals surface area contributed by atoms with E-state index in [-0.39, 0.29) is 5.56 Å². The molecule has 0 atom stereocenters. The molecule has 0 bridgehead atoms. The number of aromatic carboxylic acids is 1. The van der Waals surface area contributed by atoms with E-state index in [0.717, 1.165) is 57.7 Å². The standard InChI is InChI=1S/C35H33ClN2O4/c1-41-21-23-7-9-24(10-8-23)31-17-14-28(36)19-27(31)22-42-30-15-11-25(12-16-30)34-37-32-20-26(35(39)40)13-18-33(32)38(34)29-5-3-2-4-6-29/h7-20,29H,2-6,21-22H2,1H3,(H,39,40). The van der Waals surface area contributed by atoms with Crippen LogP contribution in [0.2, 0.25) is 5.02 Å². The smallest absolute Gasteiger partial charge is 0.335 e. The third-order valence-electron chi connectivity index (χ3n) is 8.03. The van der Waals surface area contributed by atoms with Gasteiger partial charge in [0.15, 0.2) is 0 Å². The maximum atomic E-state index is 11.6. The molecule has 1 aromatic heterocycles. The van der Waals surface area contributed by atoms with Gasteiger partial charge in [-0.15, -0.1) is 0 Å². The quantitative estimate of drug-likeness (QED) is 0.188. The number of fused-ring (bicyclic) bond motifs is 1. The molecule has 1 heterocycles. The minimum absolute atomic E-state index is 0.248. The molecule has 1 N–H and O–H groups in total. The molecule has 0 radical (unpaired) electrons. The second-order valence-corrected chi connectivity index (χ2v) is 11.3. The lowest BCUT2D eigenvalue weighted by molar-refractivity contribution is 0.0697. The second kappa shape index (κ2) is 12.4. The predicted molar refractivity (Wildman–Crippen MR) is 166 cm³/mol. The maximum absolute atomic E-state index is 11.6. The third-order valence-corrected chi connectivity index (χ3v) is 8.26. The van der Waals surface area contributed by atoms with Crippen molar-refractivity contribution in [3.05, 3.63) is 107 Å². The van der Waals surface area contributed by atoms with E-state index in [0.29, 0.717) is 29.8 Å². The lowest BCUT2D eigenvalue weighted by Gasteiger charge is -2.25. The summed E-state index contributed by atoms with van der Waals surface area (Å²) >= 11 is 6.37.